The van der Waals surface area contributed by atoms with E-state index in [1.54, 1.807) is 0 Å². The van der Waals surface area contributed by atoms with Crippen molar-refractivity contribution < 1.29 is 12.4 Å². The number of benzene rings is 4. The molecule has 0 unspecified atom stereocenters. The second-order valence-corrected chi connectivity index (χ2v) is 11.7. The first-order chi connectivity index (χ1) is 14.0. The summed E-state index contributed by atoms with van der Waals surface area (Å²) in [4.78, 5) is 0. The monoisotopic (exact) mass is 510 g/mol. The minimum absolute atomic E-state index is 0. The third kappa shape index (κ3) is 4.51. The molecule has 0 aliphatic carbocycles. The van der Waals surface area contributed by atoms with E-state index in [0.717, 1.165) is 0 Å². The molecule has 4 aromatic rings. The molecular weight excluding hydrogens is 497 g/mol. The summed E-state index contributed by atoms with van der Waals surface area (Å²) in [6.45, 7) is 0. The number of hydrogen-bond acceptors (Lipinski definition) is 0. The molecule has 30 heavy (non-hydrogen) atoms. The van der Waals surface area contributed by atoms with Crippen molar-refractivity contribution in [2.45, 2.75) is 0 Å². The maximum atomic E-state index is 6.22. The Labute approximate surface area is 203 Å². The molecule has 0 amide bonds. The minimum Gasteiger partial charge on any atom is -1.00 e. The highest BCUT2D eigenvalue weighted by atomic mass is 35.5. The standard InChI is InChI=1S/C24H16Cl4P.ClH/c25-17-1-9-21(10-2-17)29(22-11-3-18(26)4-12-22,23-13-5-19(27)6-14-23)24-15-7-20(28)8-16-24;/h1-16H;1H/q+1;/p-1. The van der Waals surface area contributed by atoms with Gasteiger partial charge in [-0.1, -0.05) is 46.4 Å². The highest BCUT2D eigenvalue weighted by Crippen LogP contribution is 2.54. The quantitative estimate of drug-likeness (QED) is 0.364. The van der Waals surface area contributed by atoms with Gasteiger partial charge < -0.3 is 12.4 Å². The van der Waals surface area contributed by atoms with Crippen LogP contribution in [0.25, 0.3) is 0 Å². The Bertz CT molecular complexity index is 919. The Morgan fingerprint density at radius 2 is 0.500 bits per heavy atom. The smallest absolute Gasteiger partial charge is 0.144 e. The molecule has 4 rings (SSSR count). The largest absolute Gasteiger partial charge is 1.00 e. The van der Waals surface area contributed by atoms with Crippen molar-refractivity contribution in [1.82, 2.24) is 0 Å². The lowest BCUT2D eigenvalue weighted by Gasteiger charge is -2.27. The summed E-state index contributed by atoms with van der Waals surface area (Å²) >= 11 is 24.9. The topological polar surface area (TPSA) is 0 Å². The summed E-state index contributed by atoms with van der Waals surface area (Å²) in [6.07, 6.45) is 0. The van der Waals surface area contributed by atoms with Crippen LogP contribution in [0.1, 0.15) is 0 Å². The van der Waals surface area contributed by atoms with E-state index in [0.29, 0.717) is 20.1 Å². The van der Waals surface area contributed by atoms with Crippen molar-refractivity contribution >= 4 is 74.9 Å². The van der Waals surface area contributed by atoms with Crippen LogP contribution in [0.4, 0.5) is 0 Å². The molecule has 0 atom stereocenters. The zero-order chi connectivity index (χ0) is 20.4. The van der Waals surface area contributed by atoms with Crippen LogP contribution >= 0.6 is 53.7 Å². The third-order valence-electron chi connectivity index (χ3n) is 4.86. The molecule has 0 aromatic heterocycles. The van der Waals surface area contributed by atoms with E-state index in [-0.39, 0.29) is 12.4 Å². The van der Waals surface area contributed by atoms with Crippen LogP contribution in [-0.2, 0) is 0 Å². The molecule has 6 heteroatoms. The lowest BCUT2D eigenvalue weighted by Crippen LogP contribution is -3.00. The van der Waals surface area contributed by atoms with Gasteiger partial charge in [-0.2, -0.15) is 0 Å². The molecule has 0 heterocycles. The summed E-state index contributed by atoms with van der Waals surface area (Å²) in [5.74, 6) is 0. The molecule has 4 aromatic carbocycles. The van der Waals surface area contributed by atoms with Crippen LogP contribution in [0.5, 0.6) is 0 Å². The Morgan fingerprint density at radius 1 is 0.333 bits per heavy atom. The number of halogens is 5. The fraction of sp³-hybridized carbons (Fsp3) is 0. The van der Waals surface area contributed by atoms with Gasteiger partial charge in [-0.25, -0.2) is 0 Å². The summed E-state index contributed by atoms with van der Waals surface area (Å²) in [5, 5.41) is 7.57. The second kappa shape index (κ2) is 9.92. The van der Waals surface area contributed by atoms with E-state index in [2.05, 4.69) is 48.5 Å². The van der Waals surface area contributed by atoms with Gasteiger partial charge in [0.05, 0.1) is 0 Å². The highest BCUT2D eigenvalue weighted by molar-refractivity contribution is 8.01. The predicted octanol–water partition coefficient (Wildman–Crippen LogP) is 3.92. The van der Waals surface area contributed by atoms with E-state index in [4.69, 9.17) is 46.4 Å². The Morgan fingerprint density at radius 3 is 0.667 bits per heavy atom. The fourth-order valence-corrected chi connectivity index (χ4v) is 8.23. The summed E-state index contributed by atoms with van der Waals surface area (Å²) in [7, 11) is -2.22. The first-order valence-electron chi connectivity index (χ1n) is 8.94. The Hall–Kier alpha value is -1.24. The predicted molar refractivity (Wildman–Crippen MR) is 131 cm³/mol. The molecule has 152 valence electrons. The van der Waals surface area contributed by atoms with E-state index >= 15 is 0 Å². The van der Waals surface area contributed by atoms with Crippen LogP contribution in [0.3, 0.4) is 0 Å². The first kappa shape index (κ1) is 23.4. The molecule has 0 nitrogen and oxygen atoms in total. The van der Waals surface area contributed by atoms with Gasteiger partial charge in [0.25, 0.3) is 0 Å². The lowest BCUT2D eigenvalue weighted by molar-refractivity contribution is -0.00000517. The average molecular weight is 513 g/mol. The van der Waals surface area contributed by atoms with Crippen LogP contribution in [0.2, 0.25) is 20.1 Å². The molecule has 0 N–H and O–H groups in total. The second-order valence-electron chi connectivity index (χ2n) is 6.58. The summed E-state index contributed by atoms with van der Waals surface area (Å²) in [5.41, 5.74) is 0. The minimum atomic E-state index is -2.22. The molecule has 0 radical (unpaired) electrons. The van der Waals surface area contributed by atoms with E-state index in [9.17, 15) is 0 Å². The maximum Gasteiger partial charge on any atom is 0.144 e. The van der Waals surface area contributed by atoms with Crippen LogP contribution in [0.15, 0.2) is 97.1 Å². The van der Waals surface area contributed by atoms with E-state index in [1.807, 2.05) is 48.5 Å². The zero-order valence-electron chi connectivity index (χ0n) is 15.6. The zero-order valence-corrected chi connectivity index (χ0v) is 20.2. The molecule has 0 saturated heterocycles. The van der Waals surface area contributed by atoms with Crippen molar-refractivity contribution in [2.24, 2.45) is 0 Å². The van der Waals surface area contributed by atoms with E-state index in [1.165, 1.54) is 21.2 Å². The SMILES string of the molecule is Clc1ccc([P+](c2ccc(Cl)cc2)(c2ccc(Cl)cc2)c2ccc(Cl)cc2)cc1.[Cl-]. The van der Waals surface area contributed by atoms with Gasteiger partial charge in [-0.05, 0) is 97.1 Å². The maximum absolute atomic E-state index is 6.22. The molecule has 0 aliphatic rings. The van der Waals surface area contributed by atoms with Crippen molar-refractivity contribution in [3.8, 4) is 0 Å². The van der Waals surface area contributed by atoms with Crippen molar-refractivity contribution in [3.05, 3.63) is 117 Å². The van der Waals surface area contributed by atoms with Gasteiger partial charge in [0.1, 0.15) is 28.5 Å². The van der Waals surface area contributed by atoms with Crippen molar-refractivity contribution in [2.75, 3.05) is 0 Å². The van der Waals surface area contributed by atoms with Gasteiger partial charge >= 0.3 is 0 Å². The normalized spacial score (nSPS) is 11.1. The number of rotatable bonds is 4. The van der Waals surface area contributed by atoms with Gasteiger partial charge in [-0.15, -0.1) is 0 Å². The van der Waals surface area contributed by atoms with Gasteiger partial charge in [0, 0.05) is 20.1 Å². The highest BCUT2D eigenvalue weighted by Gasteiger charge is 2.47. The molecule has 0 bridgehead atoms. The number of hydrogen-bond donors (Lipinski definition) is 0. The average Bonchev–Trinajstić information content (AvgIpc) is 2.73. The molecule has 0 saturated carbocycles. The molecular formula is C24H16Cl5P. The van der Waals surface area contributed by atoms with E-state index < -0.39 is 7.26 Å². The van der Waals surface area contributed by atoms with Crippen LogP contribution in [-0.4, -0.2) is 0 Å². The van der Waals surface area contributed by atoms with Gasteiger partial charge in [0.2, 0.25) is 0 Å². The first-order valence-corrected chi connectivity index (χ1v) is 12.2. The van der Waals surface area contributed by atoms with Crippen molar-refractivity contribution in [3.63, 3.8) is 0 Å². The Balaban J connectivity index is 0.00000256. The summed E-state index contributed by atoms with van der Waals surface area (Å²) in [6, 6.07) is 32.3. The third-order valence-corrected chi connectivity index (χ3v) is 10.2. The molecule has 0 spiro atoms. The van der Waals surface area contributed by atoms with Crippen molar-refractivity contribution in [1.29, 1.82) is 0 Å². The van der Waals surface area contributed by atoms with Gasteiger partial charge in [0.15, 0.2) is 0 Å². The van der Waals surface area contributed by atoms with Gasteiger partial charge in [-0.3, -0.25) is 0 Å². The fourth-order valence-electron chi connectivity index (χ4n) is 3.55. The summed E-state index contributed by atoms with van der Waals surface area (Å²) < 4.78 is 0. The molecule has 0 fully saturated rings. The lowest BCUT2D eigenvalue weighted by atomic mass is 10.3. The molecule has 0 aliphatic heterocycles. The van der Waals surface area contributed by atoms with Crippen LogP contribution < -0.4 is 33.6 Å². The Kier molecular flexibility index (Phi) is 7.75. The van der Waals surface area contributed by atoms with Crippen LogP contribution in [0, 0.1) is 0 Å².